The lowest BCUT2D eigenvalue weighted by atomic mass is 10.2. The van der Waals surface area contributed by atoms with E-state index in [1.165, 1.54) is 41.3 Å². The molecule has 1 aliphatic rings. The van der Waals surface area contributed by atoms with Crippen molar-refractivity contribution in [2.24, 2.45) is 0 Å². The van der Waals surface area contributed by atoms with Crippen LogP contribution in [0.2, 0.25) is 5.02 Å². The Hall–Kier alpha value is -3.47. The second-order valence-corrected chi connectivity index (χ2v) is 8.16. The molecule has 0 radical (unpaired) electrons. The number of benzene rings is 1. The monoisotopic (exact) mass is 478 g/mol. The van der Waals surface area contributed by atoms with Crippen LogP contribution in [0.3, 0.4) is 0 Å². The molecule has 0 spiro atoms. The summed E-state index contributed by atoms with van der Waals surface area (Å²) >= 11 is 6.02. The maximum atomic E-state index is 13.5. The molecule has 0 unspecified atom stereocenters. The van der Waals surface area contributed by atoms with Gasteiger partial charge in [-0.2, -0.15) is 23.4 Å². The molecule has 1 aliphatic carbocycles. The summed E-state index contributed by atoms with van der Waals surface area (Å²) in [5, 5.41) is 10.7. The minimum absolute atomic E-state index is 0.00345. The second-order valence-electron chi connectivity index (χ2n) is 7.75. The van der Waals surface area contributed by atoms with Crippen molar-refractivity contribution in [3.63, 3.8) is 0 Å². The van der Waals surface area contributed by atoms with Crippen LogP contribution in [0.5, 0.6) is 0 Å². The number of hydrogen-bond acceptors (Lipinski definition) is 4. The van der Waals surface area contributed by atoms with Gasteiger partial charge in [-0.15, -0.1) is 0 Å². The number of hydrogen-bond donors (Lipinski definition) is 1. The zero-order valence-electron chi connectivity index (χ0n) is 16.8. The van der Waals surface area contributed by atoms with Crippen LogP contribution in [0.25, 0.3) is 5.65 Å². The molecule has 170 valence electrons. The van der Waals surface area contributed by atoms with Crippen molar-refractivity contribution in [3.8, 4) is 0 Å². The Balaban J connectivity index is 1.37. The first kappa shape index (κ1) is 21.4. The van der Waals surface area contributed by atoms with Crippen molar-refractivity contribution >= 4 is 28.8 Å². The molecule has 0 saturated heterocycles. The molecule has 7 nitrogen and oxygen atoms in total. The highest BCUT2D eigenvalue weighted by atomic mass is 35.5. The molecule has 0 aliphatic heterocycles. The Labute approximate surface area is 189 Å². The molecule has 1 N–H and O–H groups in total. The van der Waals surface area contributed by atoms with Gasteiger partial charge in [-0.25, -0.2) is 13.9 Å². The zero-order chi connectivity index (χ0) is 23.3. The molecule has 1 amide bonds. The van der Waals surface area contributed by atoms with E-state index in [1.54, 1.807) is 0 Å². The van der Waals surface area contributed by atoms with Gasteiger partial charge in [0.25, 0.3) is 5.91 Å². The summed E-state index contributed by atoms with van der Waals surface area (Å²) in [6, 6.07) is 6.19. The summed E-state index contributed by atoms with van der Waals surface area (Å²) in [6.07, 6.45) is -0.189. The summed E-state index contributed by atoms with van der Waals surface area (Å²) in [6.45, 7) is 0.228. The Morgan fingerprint density at radius 1 is 1.21 bits per heavy atom. The van der Waals surface area contributed by atoms with Gasteiger partial charge < -0.3 is 5.32 Å². The number of nitrogens with zero attached hydrogens (tertiary/aromatic N) is 5. The fourth-order valence-electron chi connectivity index (χ4n) is 3.43. The molecular formula is C21H15ClF4N6O. The van der Waals surface area contributed by atoms with E-state index in [9.17, 15) is 22.4 Å². The fraction of sp³-hybridized carbons (Fsp3) is 0.238. The summed E-state index contributed by atoms with van der Waals surface area (Å²) < 4.78 is 55.9. The van der Waals surface area contributed by atoms with Crippen LogP contribution in [0, 0.1) is 5.82 Å². The van der Waals surface area contributed by atoms with E-state index in [-0.39, 0.29) is 28.8 Å². The third kappa shape index (κ3) is 4.40. The number of anilines is 1. The predicted octanol–water partition coefficient (Wildman–Crippen LogP) is 4.92. The Morgan fingerprint density at radius 2 is 2.00 bits per heavy atom. The van der Waals surface area contributed by atoms with Gasteiger partial charge in [0, 0.05) is 28.9 Å². The highest BCUT2D eigenvalue weighted by Gasteiger charge is 2.37. The van der Waals surface area contributed by atoms with Gasteiger partial charge in [-0.1, -0.05) is 17.7 Å². The van der Waals surface area contributed by atoms with Crippen LogP contribution in [-0.4, -0.2) is 30.3 Å². The molecule has 0 atom stereocenters. The third-order valence-electron chi connectivity index (χ3n) is 5.20. The van der Waals surface area contributed by atoms with Gasteiger partial charge >= 0.3 is 6.18 Å². The van der Waals surface area contributed by atoms with E-state index >= 15 is 0 Å². The molecule has 1 saturated carbocycles. The number of rotatable bonds is 5. The molecule has 33 heavy (non-hydrogen) atoms. The Morgan fingerprint density at radius 3 is 2.70 bits per heavy atom. The van der Waals surface area contributed by atoms with Crippen LogP contribution in [0.15, 0.2) is 42.7 Å². The first-order chi connectivity index (χ1) is 15.7. The lowest BCUT2D eigenvalue weighted by Gasteiger charge is -2.10. The Bertz CT molecular complexity index is 1380. The largest absolute Gasteiger partial charge is 0.433 e. The Kier molecular flexibility index (Phi) is 5.08. The van der Waals surface area contributed by atoms with Crippen molar-refractivity contribution in [1.29, 1.82) is 0 Å². The second kappa shape index (κ2) is 7.84. The summed E-state index contributed by atoms with van der Waals surface area (Å²) in [5.74, 6) is -1.17. The molecule has 0 bridgehead atoms. The highest BCUT2D eigenvalue weighted by Crippen LogP contribution is 2.41. The molecule has 12 heteroatoms. The van der Waals surface area contributed by atoms with Crippen molar-refractivity contribution in [1.82, 2.24) is 24.4 Å². The normalized spacial score (nSPS) is 14.1. The standard InChI is InChI=1S/C21H15ClF4N6O/c22-15-5-13(23)4-3-12(15)9-31-10-14(8-27-31)28-20(33)17-7-19-29-16(11-1-2-11)6-18(21(24,25)26)32(19)30-17/h3-8,10-11H,1-2,9H2,(H,28,33). The number of carbonyl (C=O) groups is 1. The van der Waals surface area contributed by atoms with Crippen molar-refractivity contribution in [3.05, 3.63) is 76.2 Å². The quantitative estimate of drug-likeness (QED) is 0.413. The molecule has 1 aromatic carbocycles. The first-order valence-corrected chi connectivity index (χ1v) is 10.3. The number of fused-ring (bicyclic) bond motifs is 1. The lowest BCUT2D eigenvalue weighted by Crippen LogP contribution is -2.16. The molecule has 1 fully saturated rings. The number of aromatic nitrogens is 5. The van der Waals surface area contributed by atoms with Gasteiger partial charge in [0.15, 0.2) is 11.3 Å². The van der Waals surface area contributed by atoms with Crippen molar-refractivity contribution in [2.75, 3.05) is 5.32 Å². The summed E-state index contributed by atoms with van der Waals surface area (Å²) in [7, 11) is 0. The third-order valence-corrected chi connectivity index (χ3v) is 5.56. The fourth-order valence-corrected chi connectivity index (χ4v) is 3.66. The van der Waals surface area contributed by atoms with E-state index in [0.717, 1.165) is 18.9 Å². The zero-order valence-corrected chi connectivity index (χ0v) is 17.5. The molecule has 3 aromatic heterocycles. The van der Waals surface area contributed by atoms with Gasteiger partial charge in [-0.05, 0) is 36.6 Å². The van der Waals surface area contributed by atoms with Crippen LogP contribution in [-0.2, 0) is 12.7 Å². The topological polar surface area (TPSA) is 77.1 Å². The average molecular weight is 479 g/mol. The lowest BCUT2D eigenvalue weighted by molar-refractivity contribution is -0.142. The van der Waals surface area contributed by atoms with Crippen molar-refractivity contribution < 1.29 is 22.4 Å². The maximum absolute atomic E-state index is 13.5. The summed E-state index contributed by atoms with van der Waals surface area (Å²) in [5.41, 5.74) is 0.0447. The number of carbonyl (C=O) groups excluding carboxylic acids is 1. The van der Waals surface area contributed by atoms with E-state index in [2.05, 4.69) is 20.5 Å². The van der Waals surface area contributed by atoms with E-state index in [1.807, 2.05) is 0 Å². The van der Waals surface area contributed by atoms with E-state index < -0.39 is 23.6 Å². The molecular weight excluding hydrogens is 464 g/mol. The van der Waals surface area contributed by atoms with E-state index in [4.69, 9.17) is 11.6 Å². The number of amides is 1. The first-order valence-electron chi connectivity index (χ1n) is 9.93. The SMILES string of the molecule is O=C(Nc1cnn(Cc2ccc(F)cc2Cl)c1)c1cc2nc(C3CC3)cc(C(F)(F)F)n2n1. The number of alkyl halides is 3. The van der Waals surface area contributed by atoms with Crippen LogP contribution in [0.4, 0.5) is 23.2 Å². The highest BCUT2D eigenvalue weighted by molar-refractivity contribution is 6.31. The summed E-state index contributed by atoms with van der Waals surface area (Å²) in [4.78, 5) is 16.9. The van der Waals surface area contributed by atoms with Gasteiger partial charge in [0.2, 0.25) is 0 Å². The molecule has 4 aromatic rings. The number of nitrogens with one attached hydrogen (secondary N) is 1. The van der Waals surface area contributed by atoms with E-state index in [0.29, 0.717) is 21.5 Å². The van der Waals surface area contributed by atoms with Crippen LogP contribution < -0.4 is 5.32 Å². The van der Waals surface area contributed by atoms with Crippen LogP contribution >= 0.6 is 11.6 Å². The maximum Gasteiger partial charge on any atom is 0.433 e. The van der Waals surface area contributed by atoms with Gasteiger partial charge in [0.05, 0.1) is 18.4 Å². The molecule has 3 heterocycles. The molecule has 5 rings (SSSR count). The number of halogens is 5. The smallest absolute Gasteiger partial charge is 0.318 e. The van der Waals surface area contributed by atoms with Crippen LogP contribution in [0.1, 0.15) is 46.2 Å². The van der Waals surface area contributed by atoms with Crippen molar-refractivity contribution in [2.45, 2.75) is 31.5 Å². The average Bonchev–Trinajstić information content (AvgIpc) is 3.35. The minimum Gasteiger partial charge on any atom is -0.318 e. The van der Waals surface area contributed by atoms with Gasteiger partial charge in [0.1, 0.15) is 11.5 Å². The van der Waals surface area contributed by atoms with Gasteiger partial charge in [-0.3, -0.25) is 9.48 Å². The minimum atomic E-state index is -4.65. The predicted molar refractivity (Wildman–Crippen MR) is 111 cm³/mol.